The van der Waals surface area contributed by atoms with Gasteiger partial charge in [-0.05, 0) is 17.2 Å². The van der Waals surface area contributed by atoms with Crippen LogP contribution in [0.25, 0.3) is 6.08 Å². The number of benzene rings is 2. The lowest BCUT2D eigenvalue weighted by atomic mass is 9.84. The van der Waals surface area contributed by atoms with Crippen molar-refractivity contribution in [2.45, 2.75) is 19.1 Å². The molecule has 2 aromatic rings. The van der Waals surface area contributed by atoms with Gasteiger partial charge in [-0.3, -0.25) is 0 Å². The van der Waals surface area contributed by atoms with E-state index in [1.165, 1.54) is 12.2 Å². The number of alkyl carbamates (subject to hydrolysis) is 1. The van der Waals surface area contributed by atoms with Gasteiger partial charge in [0.25, 0.3) is 0 Å². The minimum absolute atomic E-state index is 0.0489. The molecule has 0 spiro atoms. The summed E-state index contributed by atoms with van der Waals surface area (Å²) in [5.41, 5.74) is -0.0465. The summed E-state index contributed by atoms with van der Waals surface area (Å²) in [5.74, 6) is -1.77. The predicted molar refractivity (Wildman–Crippen MR) is 105 cm³/mol. The van der Waals surface area contributed by atoms with E-state index in [0.717, 1.165) is 11.1 Å². The standard InChI is InChI=1S/C22H23NO4/c1-3-17(2)22(20(24)25,15-14-18-10-6-4-7-11-18)23-21(26)27-16-19-12-8-5-9-13-19/h3-15,17H,1,16H2,2H3,(H,23,26)(H,24,25)/b15-14+/t17-,22-/m1/s1. The molecule has 0 saturated carbocycles. The summed E-state index contributed by atoms with van der Waals surface area (Å²) in [7, 11) is 0. The highest BCUT2D eigenvalue weighted by molar-refractivity contribution is 5.88. The molecule has 140 valence electrons. The van der Waals surface area contributed by atoms with E-state index in [9.17, 15) is 14.7 Å². The average molecular weight is 365 g/mol. The first-order chi connectivity index (χ1) is 13.0. The summed E-state index contributed by atoms with van der Waals surface area (Å²) in [4.78, 5) is 24.4. The van der Waals surface area contributed by atoms with Gasteiger partial charge in [0.15, 0.2) is 5.54 Å². The van der Waals surface area contributed by atoms with Gasteiger partial charge in [-0.2, -0.15) is 0 Å². The van der Waals surface area contributed by atoms with Crippen LogP contribution in [0.2, 0.25) is 0 Å². The normalized spacial score (nSPS) is 14.1. The van der Waals surface area contributed by atoms with Crippen molar-refractivity contribution < 1.29 is 19.4 Å². The zero-order chi connectivity index (χ0) is 19.7. The Hall–Kier alpha value is -3.34. The summed E-state index contributed by atoms with van der Waals surface area (Å²) < 4.78 is 5.20. The molecule has 0 heterocycles. The Labute approximate surface area is 159 Å². The molecule has 0 aliphatic carbocycles. The first-order valence-corrected chi connectivity index (χ1v) is 8.57. The fraction of sp³-hybridized carbons (Fsp3) is 0.182. The second kappa shape index (κ2) is 9.38. The van der Waals surface area contributed by atoms with Crippen LogP contribution in [0.3, 0.4) is 0 Å². The Balaban J connectivity index is 2.20. The maximum atomic E-state index is 12.3. The van der Waals surface area contributed by atoms with E-state index in [4.69, 9.17) is 4.74 Å². The van der Waals surface area contributed by atoms with Gasteiger partial charge in [0.1, 0.15) is 6.61 Å². The van der Waals surface area contributed by atoms with Crippen molar-refractivity contribution in [1.82, 2.24) is 5.32 Å². The highest BCUT2D eigenvalue weighted by atomic mass is 16.5. The molecule has 2 aromatic carbocycles. The quantitative estimate of drug-likeness (QED) is 0.685. The lowest BCUT2D eigenvalue weighted by molar-refractivity contribution is -0.143. The van der Waals surface area contributed by atoms with Gasteiger partial charge in [0, 0.05) is 5.92 Å². The van der Waals surface area contributed by atoms with E-state index in [1.54, 1.807) is 13.0 Å². The Bertz CT molecular complexity index is 802. The van der Waals surface area contributed by atoms with Crippen LogP contribution in [0, 0.1) is 5.92 Å². The number of carbonyl (C=O) groups excluding carboxylic acids is 1. The molecule has 0 aromatic heterocycles. The van der Waals surface area contributed by atoms with Gasteiger partial charge in [0.05, 0.1) is 0 Å². The van der Waals surface area contributed by atoms with Crippen molar-refractivity contribution in [1.29, 1.82) is 0 Å². The largest absolute Gasteiger partial charge is 0.479 e. The zero-order valence-electron chi connectivity index (χ0n) is 15.2. The van der Waals surface area contributed by atoms with Crippen LogP contribution in [0.15, 0.2) is 79.4 Å². The molecule has 0 aliphatic rings. The Morgan fingerprint density at radius 2 is 1.74 bits per heavy atom. The second-order valence-electron chi connectivity index (χ2n) is 6.13. The third kappa shape index (κ3) is 5.31. The number of carboxylic acid groups (broad SMARTS) is 1. The molecule has 0 radical (unpaired) electrons. The molecule has 5 nitrogen and oxygen atoms in total. The molecular weight excluding hydrogens is 342 g/mol. The van der Waals surface area contributed by atoms with Crippen LogP contribution in [0.5, 0.6) is 0 Å². The zero-order valence-corrected chi connectivity index (χ0v) is 15.2. The molecule has 2 rings (SSSR count). The Morgan fingerprint density at radius 1 is 1.15 bits per heavy atom. The second-order valence-corrected chi connectivity index (χ2v) is 6.13. The number of hydrogen-bond donors (Lipinski definition) is 2. The molecule has 0 fully saturated rings. The first kappa shape index (κ1) is 20.0. The minimum atomic E-state index is -1.68. The molecule has 27 heavy (non-hydrogen) atoms. The van der Waals surface area contributed by atoms with Crippen molar-refractivity contribution in [2.24, 2.45) is 5.92 Å². The molecule has 1 amide bonds. The summed E-state index contributed by atoms with van der Waals surface area (Å²) in [5, 5.41) is 12.4. The minimum Gasteiger partial charge on any atom is -0.479 e. The molecule has 0 unspecified atom stereocenters. The number of carboxylic acids is 1. The van der Waals surface area contributed by atoms with Crippen molar-refractivity contribution >= 4 is 18.1 Å². The molecule has 0 aliphatic heterocycles. The number of rotatable bonds is 8. The highest BCUT2D eigenvalue weighted by Crippen LogP contribution is 2.23. The average Bonchev–Trinajstić information content (AvgIpc) is 2.70. The Morgan fingerprint density at radius 3 is 2.30 bits per heavy atom. The van der Waals surface area contributed by atoms with Gasteiger partial charge in [-0.25, -0.2) is 9.59 Å². The molecule has 2 N–H and O–H groups in total. The van der Waals surface area contributed by atoms with Crippen LogP contribution in [0.4, 0.5) is 4.79 Å². The van der Waals surface area contributed by atoms with E-state index in [1.807, 2.05) is 60.7 Å². The van der Waals surface area contributed by atoms with Gasteiger partial charge in [0.2, 0.25) is 0 Å². The molecular formula is C22H23NO4. The van der Waals surface area contributed by atoms with Crippen LogP contribution in [-0.2, 0) is 16.1 Å². The first-order valence-electron chi connectivity index (χ1n) is 8.57. The summed E-state index contributed by atoms with van der Waals surface area (Å²) in [6.45, 7) is 5.40. The van der Waals surface area contributed by atoms with E-state index < -0.39 is 23.5 Å². The number of amides is 1. The predicted octanol–water partition coefficient (Wildman–Crippen LogP) is 4.27. The van der Waals surface area contributed by atoms with Crippen molar-refractivity contribution in [3.8, 4) is 0 Å². The van der Waals surface area contributed by atoms with Crippen molar-refractivity contribution in [3.63, 3.8) is 0 Å². The number of hydrogen-bond acceptors (Lipinski definition) is 3. The topological polar surface area (TPSA) is 75.6 Å². The van der Waals surface area contributed by atoms with Crippen molar-refractivity contribution in [3.05, 3.63) is 90.5 Å². The summed E-state index contributed by atoms with van der Waals surface area (Å²) >= 11 is 0. The van der Waals surface area contributed by atoms with Crippen LogP contribution < -0.4 is 5.32 Å². The van der Waals surface area contributed by atoms with Crippen LogP contribution in [0.1, 0.15) is 18.1 Å². The maximum absolute atomic E-state index is 12.3. The van der Waals surface area contributed by atoms with Crippen LogP contribution >= 0.6 is 0 Å². The van der Waals surface area contributed by atoms with E-state index >= 15 is 0 Å². The highest BCUT2D eigenvalue weighted by Gasteiger charge is 2.42. The SMILES string of the molecule is C=C[C@@H](C)[C@@](/C=C/c1ccccc1)(NC(=O)OCc1ccccc1)C(=O)O. The number of carbonyl (C=O) groups is 2. The number of nitrogens with one attached hydrogen (secondary N) is 1. The fourth-order valence-corrected chi connectivity index (χ4v) is 2.53. The molecule has 2 atom stereocenters. The number of ether oxygens (including phenoxy) is 1. The Kier molecular flexibility index (Phi) is 6.94. The third-order valence-electron chi connectivity index (χ3n) is 4.29. The van der Waals surface area contributed by atoms with E-state index in [-0.39, 0.29) is 6.61 Å². The number of aliphatic carboxylic acids is 1. The van der Waals surface area contributed by atoms with Crippen molar-refractivity contribution in [2.75, 3.05) is 0 Å². The summed E-state index contributed by atoms with van der Waals surface area (Å²) in [6, 6.07) is 18.4. The lowest BCUT2D eigenvalue weighted by Gasteiger charge is -2.31. The fourth-order valence-electron chi connectivity index (χ4n) is 2.53. The molecule has 5 heteroatoms. The van der Waals surface area contributed by atoms with Gasteiger partial charge in [-0.15, -0.1) is 6.58 Å². The van der Waals surface area contributed by atoms with Gasteiger partial charge < -0.3 is 15.2 Å². The molecule has 0 bridgehead atoms. The lowest BCUT2D eigenvalue weighted by Crippen LogP contribution is -2.57. The van der Waals surface area contributed by atoms with Gasteiger partial charge >= 0.3 is 12.1 Å². The van der Waals surface area contributed by atoms with Crippen LogP contribution in [-0.4, -0.2) is 22.7 Å². The van der Waals surface area contributed by atoms with Gasteiger partial charge in [-0.1, -0.05) is 79.7 Å². The summed E-state index contributed by atoms with van der Waals surface area (Å²) in [6.07, 6.45) is 3.79. The monoisotopic (exact) mass is 365 g/mol. The van der Waals surface area contributed by atoms with E-state index in [2.05, 4.69) is 11.9 Å². The smallest absolute Gasteiger partial charge is 0.408 e. The maximum Gasteiger partial charge on any atom is 0.408 e. The third-order valence-corrected chi connectivity index (χ3v) is 4.29. The molecule has 0 saturated heterocycles. The van der Waals surface area contributed by atoms with E-state index in [0.29, 0.717) is 0 Å².